The van der Waals surface area contributed by atoms with Crippen molar-refractivity contribution in [2.24, 2.45) is 0 Å². The fourth-order valence-electron chi connectivity index (χ4n) is 2.97. The lowest BCUT2D eigenvalue weighted by molar-refractivity contribution is -0.123. The molecule has 2 rings (SSSR count). The van der Waals surface area contributed by atoms with Crippen LogP contribution >= 0.6 is 0 Å². The SMILES string of the molecule is CC[C@@H](C(=O)N[C@H](C)c1ccccc1C)c1c(C)noc1C. The van der Waals surface area contributed by atoms with Crippen LogP contribution in [0.5, 0.6) is 0 Å². The molecule has 0 saturated heterocycles. The van der Waals surface area contributed by atoms with Gasteiger partial charge in [-0.3, -0.25) is 4.79 Å². The summed E-state index contributed by atoms with van der Waals surface area (Å²) in [5.41, 5.74) is 4.03. The first kappa shape index (κ1) is 16.3. The molecule has 0 spiro atoms. The third kappa shape index (κ3) is 3.21. The van der Waals surface area contributed by atoms with Crippen LogP contribution < -0.4 is 5.32 Å². The van der Waals surface area contributed by atoms with Crippen molar-refractivity contribution in [3.8, 4) is 0 Å². The lowest BCUT2D eigenvalue weighted by Crippen LogP contribution is -2.32. The standard InChI is InChI=1S/C18H24N2O2/c1-6-15(17-13(4)20-22-14(17)5)18(21)19-12(3)16-10-8-7-9-11(16)2/h7-10,12,15H,6H2,1-5H3,(H,19,21)/t12-,15-/m1/s1. The van der Waals surface area contributed by atoms with E-state index in [4.69, 9.17) is 4.52 Å². The lowest BCUT2D eigenvalue weighted by atomic mass is 9.93. The van der Waals surface area contributed by atoms with Crippen LogP contribution in [0.25, 0.3) is 0 Å². The molecule has 22 heavy (non-hydrogen) atoms. The number of hydrogen-bond acceptors (Lipinski definition) is 3. The number of carbonyl (C=O) groups excluding carboxylic acids is 1. The van der Waals surface area contributed by atoms with Crippen LogP contribution in [0.15, 0.2) is 28.8 Å². The number of amides is 1. The van der Waals surface area contributed by atoms with Crippen molar-refractivity contribution in [2.45, 2.75) is 53.0 Å². The number of aromatic nitrogens is 1. The number of carbonyl (C=O) groups is 1. The normalized spacial score (nSPS) is 13.7. The highest BCUT2D eigenvalue weighted by atomic mass is 16.5. The number of hydrogen-bond donors (Lipinski definition) is 1. The first-order valence-electron chi connectivity index (χ1n) is 7.74. The van der Waals surface area contributed by atoms with Gasteiger partial charge in [0, 0.05) is 5.56 Å². The Balaban J connectivity index is 2.18. The van der Waals surface area contributed by atoms with E-state index in [9.17, 15) is 4.79 Å². The Morgan fingerprint density at radius 3 is 2.50 bits per heavy atom. The molecule has 2 atom stereocenters. The van der Waals surface area contributed by atoms with E-state index in [1.165, 1.54) is 5.56 Å². The van der Waals surface area contributed by atoms with E-state index in [0.717, 1.165) is 29.0 Å². The fourth-order valence-corrected chi connectivity index (χ4v) is 2.97. The Labute approximate surface area is 131 Å². The van der Waals surface area contributed by atoms with Gasteiger partial charge in [-0.1, -0.05) is 36.3 Å². The molecule has 1 aromatic carbocycles. The van der Waals surface area contributed by atoms with E-state index in [0.29, 0.717) is 0 Å². The Kier molecular flexibility index (Phi) is 5.01. The van der Waals surface area contributed by atoms with Gasteiger partial charge in [0.1, 0.15) is 5.76 Å². The van der Waals surface area contributed by atoms with Crippen LogP contribution in [0.1, 0.15) is 60.4 Å². The van der Waals surface area contributed by atoms with Gasteiger partial charge in [-0.05, 0) is 45.2 Å². The number of nitrogens with zero attached hydrogens (tertiary/aromatic N) is 1. The third-order valence-electron chi connectivity index (χ3n) is 4.18. The highest BCUT2D eigenvalue weighted by molar-refractivity contribution is 5.84. The summed E-state index contributed by atoms with van der Waals surface area (Å²) in [5.74, 6) is 0.522. The van der Waals surface area contributed by atoms with Crippen LogP contribution in [0.2, 0.25) is 0 Å². The van der Waals surface area contributed by atoms with E-state index in [-0.39, 0.29) is 17.9 Å². The van der Waals surface area contributed by atoms with Gasteiger partial charge < -0.3 is 9.84 Å². The molecule has 1 heterocycles. The van der Waals surface area contributed by atoms with Crippen molar-refractivity contribution >= 4 is 5.91 Å². The Bertz CT molecular complexity index is 641. The summed E-state index contributed by atoms with van der Waals surface area (Å²) < 4.78 is 5.21. The van der Waals surface area contributed by atoms with E-state index in [1.54, 1.807) is 0 Å². The molecular formula is C18H24N2O2. The van der Waals surface area contributed by atoms with Gasteiger partial charge >= 0.3 is 0 Å². The molecular weight excluding hydrogens is 276 g/mol. The maximum Gasteiger partial charge on any atom is 0.228 e. The summed E-state index contributed by atoms with van der Waals surface area (Å²) in [6, 6.07) is 8.09. The Morgan fingerprint density at radius 2 is 1.95 bits per heavy atom. The molecule has 2 aromatic rings. The largest absolute Gasteiger partial charge is 0.361 e. The predicted molar refractivity (Wildman–Crippen MR) is 86.7 cm³/mol. The Morgan fingerprint density at radius 1 is 1.27 bits per heavy atom. The van der Waals surface area contributed by atoms with Gasteiger partial charge in [-0.15, -0.1) is 0 Å². The summed E-state index contributed by atoms with van der Waals surface area (Å²) in [7, 11) is 0. The van der Waals surface area contributed by atoms with Crippen molar-refractivity contribution < 1.29 is 9.32 Å². The van der Waals surface area contributed by atoms with Gasteiger partial charge in [-0.25, -0.2) is 0 Å². The van der Waals surface area contributed by atoms with Crippen LogP contribution in [0.4, 0.5) is 0 Å². The average Bonchev–Trinajstić information content (AvgIpc) is 2.80. The molecule has 1 aromatic heterocycles. The third-order valence-corrected chi connectivity index (χ3v) is 4.18. The van der Waals surface area contributed by atoms with Crippen molar-refractivity contribution in [1.82, 2.24) is 10.5 Å². The predicted octanol–water partition coefficient (Wildman–Crippen LogP) is 3.97. The summed E-state index contributed by atoms with van der Waals surface area (Å²) in [4.78, 5) is 12.7. The van der Waals surface area contributed by atoms with Crippen molar-refractivity contribution in [3.05, 3.63) is 52.4 Å². The first-order chi connectivity index (χ1) is 10.5. The zero-order valence-electron chi connectivity index (χ0n) is 13.9. The molecule has 0 unspecified atom stereocenters. The zero-order valence-corrected chi connectivity index (χ0v) is 13.9. The average molecular weight is 300 g/mol. The summed E-state index contributed by atoms with van der Waals surface area (Å²) in [6.07, 6.45) is 0.717. The molecule has 0 fully saturated rings. The zero-order chi connectivity index (χ0) is 16.3. The molecule has 118 valence electrons. The van der Waals surface area contributed by atoms with E-state index in [1.807, 2.05) is 39.8 Å². The highest BCUT2D eigenvalue weighted by Gasteiger charge is 2.26. The highest BCUT2D eigenvalue weighted by Crippen LogP contribution is 2.27. The van der Waals surface area contributed by atoms with Crippen LogP contribution in [0, 0.1) is 20.8 Å². The minimum atomic E-state index is -0.224. The minimum Gasteiger partial charge on any atom is -0.361 e. The quantitative estimate of drug-likeness (QED) is 0.909. The van der Waals surface area contributed by atoms with Gasteiger partial charge in [0.25, 0.3) is 0 Å². The van der Waals surface area contributed by atoms with E-state index in [2.05, 4.69) is 29.5 Å². The lowest BCUT2D eigenvalue weighted by Gasteiger charge is -2.21. The van der Waals surface area contributed by atoms with Crippen LogP contribution in [-0.2, 0) is 4.79 Å². The molecule has 4 heteroatoms. The second-order valence-electron chi connectivity index (χ2n) is 5.79. The molecule has 0 aliphatic carbocycles. The van der Waals surface area contributed by atoms with Gasteiger partial charge in [0.15, 0.2) is 0 Å². The van der Waals surface area contributed by atoms with Crippen LogP contribution in [0.3, 0.4) is 0 Å². The molecule has 0 saturated carbocycles. The fraction of sp³-hybridized carbons (Fsp3) is 0.444. The molecule has 0 radical (unpaired) electrons. The maximum atomic E-state index is 12.7. The van der Waals surface area contributed by atoms with Crippen LogP contribution in [-0.4, -0.2) is 11.1 Å². The topological polar surface area (TPSA) is 55.1 Å². The van der Waals surface area contributed by atoms with Crippen molar-refractivity contribution in [2.75, 3.05) is 0 Å². The van der Waals surface area contributed by atoms with Gasteiger partial charge in [0.2, 0.25) is 5.91 Å². The Hall–Kier alpha value is -2.10. The maximum absolute atomic E-state index is 12.7. The number of nitrogens with one attached hydrogen (secondary N) is 1. The molecule has 0 bridgehead atoms. The molecule has 4 nitrogen and oxygen atoms in total. The van der Waals surface area contributed by atoms with E-state index < -0.39 is 0 Å². The smallest absolute Gasteiger partial charge is 0.228 e. The van der Waals surface area contributed by atoms with Gasteiger partial charge in [0.05, 0.1) is 17.7 Å². The van der Waals surface area contributed by atoms with E-state index >= 15 is 0 Å². The number of benzene rings is 1. The number of rotatable bonds is 5. The summed E-state index contributed by atoms with van der Waals surface area (Å²) in [6.45, 7) is 9.82. The first-order valence-corrected chi connectivity index (χ1v) is 7.74. The van der Waals surface area contributed by atoms with Crippen molar-refractivity contribution in [1.29, 1.82) is 0 Å². The molecule has 1 N–H and O–H groups in total. The molecule has 1 amide bonds. The monoisotopic (exact) mass is 300 g/mol. The van der Waals surface area contributed by atoms with Gasteiger partial charge in [-0.2, -0.15) is 0 Å². The van der Waals surface area contributed by atoms with Crippen molar-refractivity contribution in [3.63, 3.8) is 0 Å². The minimum absolute atomic E-state index is 0.0210. The number of aryl methyl sites for hydroxylation is 3. The summed E-state index contributed by atoms with van der Waals surface area (Å²) >= 11 is 0. The summed E-state index contributed by atoms with van der Waals surface area (Å²) in [5, 5.41) is 7.09. The molecule has 0 aliphatic rings. The second-order valence-corrected chi connectivity index (χ2v) is 5.79. The second kappa shape index (κ2) is 6.77. The molecule has 0 aliphatic heterocycles.